The molecular formula is C15H8F2O4. The fourth-order valence-corrected chi connectivity index (χ4v) is 2.02. The van der Waals surface area contributed by atoms with E-state index in [9.17, 15) is 23.8 Å². The summed E-state index contributed by atoms with van der Waals surface area (Å²) in [5.41, 5.74) is -1.30. The Hall–Kier alpha value is -2.89. The Morgan fingerprint density at radius 2 is 1.67 bits per heavy atom. The molecule has 0 unspecified atom stereocenters. The summed E-state index contributed by atoms with van der Waals surface area (Å²) in [6, 6.07) is 7.95. The lowest BCUT2D eigenvalue weighted by Crippen LogP contribution is -2.08. The molecule has 6 heteroatoms. The SMILES string of the molecule is O=c1c(F)c(-c2ccc(O)c(O)c2F)oc2ccccc12. The lowest BCUT2D eigenvalue weighted by atomic mass is 10.1. The Labute approximate surface area is 116 Å². The molecule has 1 heterocycles. The highest BCUT2D eigenvalue weighted by molar-refractivity contribution is 5.79. The van der Waals surface area contributed by atoms with Gasteiger partial charge in [-0.25, -0.2) is 4.39 Å². The minimum Gasteiger partial charge on any atom is -0.504 e. The monoisotopic (exact) mass is 290 g/mol. The zero-order chi connectivity index (χ0) is 15.1. The second-order valence-corrected chi connectivity index (χ2v) is 4.37. The van der Waals surface area contributed by atoms with E-state index >= 15 is 0 Å². The van der Waals surface area contributed by atoms with E-state index in [1.165, 1.54) is 12.1 Å². The average Bonchev–Trinajstić information content (AvgIpc) is 2.49. The molecule has 0 fully saturated rings. The minimum atomic E-state index is -1.27. The van der Waals surface area contributed by atoms with Crippen molar-refractivity contribution in [1.29, 1.82) is 0 Å². The van der Waals surface area contributed by atoms with Crippen LogP contribution >= 0.6 is 0 Å². The summed E-state index contributed by atoms with van der Waals surface area (Å²) < 4.78 is 33.3. The Balaban J connectivity index is 2.39. The van der Waals surface area contributed by atoms with Crippen LogP contribution in [0.1, 0.15) is 0 Å². The van der Waals surface area contributed by atoms with E-state index in [4.69, 9.17) is 4.42 Å². The van der Waals surface area contributed by atoms with Gasteiger partial charge in [0.15, 0.2) is 23.1 Å². The fourth-order valence-electron chi connectivity index (χ4n) is 2.02. The first kappa shape index (κ1) is 13.1. The number of hydrogen-bond acceptors (Lipinski definition) is 4. The molecule has 0 bridgehead atoms. The first-order valence-electron chi connectivity index (χ1n) is 5.93. The van der Waals surface area contributed by atoms with Gasteiger partial charge in [0.25, 0.3) is 0 Å². The Morgan fingerprint density at radius 1 is 0.952 bits per heavy atom. The molecule has 0 saturated heterocycles. The van der Waals surface area contributed by atoms with Crippen molar-refractivity contribution in [3.05, 3.63) is 58.3 Å². The second kappa shape index (κ2) is 4.59. The van der Waals surface area contributed by atoms with E-state index in [0.29, 0.717) is 0 Å². The number of para-hydroxylation sites is 1. The molecule has 106 valence electrons. The van der Waals surface area contributed by atoms with Crippen LogP contribution in [0.3, 0.4) is 0 Å². The van der Waals surface area contributed by atoms with Gasteiger partial charge in [-0.2, -0.15) is 4.39 Å². The highest BCUT2D eigenvalue weighted by Gasteiger charge is 2.21. The third-order valence-electron chi connectivity index (χ3n) is 3.08. The van der Waals surface area contributed by atoms with Crippen LogP contribution in [-0.4, -0.2) is 10.2 Å². The Kier molecular flexibility index (Phi) is 2.86. The van der Waals surface area contributed by atoms with Crippen molar-refractivity contribution >= 4 is 11.0 Å². The van der Waals surface area contributed by atoms with Crippen LogP contribution in [0.15, 0.2) is 45.6 Å². The van der Waals surface area contributed by atoms with Gasteiger partial charge in [0.1, 0.15) is 5.58 Å². The lowest BCUT2D eigenvalue weighted by molar-refractivity contribution is 0.379. The minimum absolute atomic E-state index is 0.0298. The normalized spacial score (nSPS) is 11.0. The van der Waals surface area contributed by atoms with Crippen LogP contribution in [0.5, 0.6) is 11.5 Å². The molecule has 3 rings (SSSR count). The zero-order valence-corrected chi connectivity index (χ0v) is 10.4. The smallest absolute Gasteiger partial charge is 0.229 e. The van der Waals surface area contributed by atoms with E-state index in [2.05, 4.69) is 0 Å². The Morgan fingerprint density at radius 3 is 2.43 bits per heavy atom. The van der Waals surface area contributed by atoms with Crippen molar-refractivity contribution in [2.24, 2.45) is 0 Å². The van der Waals surface area contributed by atoms with Gasteiger partial charge in [-0.3, -0.25) is 4.79 Å². The first-order valence-corrected chi connectivity index (χ1v) is 5.93. The van der Waals surface area contributed by atoms with Gasteiger partial charge in [-0.05, 0) is 24.3 Å². The molecule has 0 aliphatic rings. The largest absolute Gasteiger partial charge is 0.504 e. The number of hydrogen-bond donors (Lipinski definition) is 2. The van der Waals surface area contributed by atoms with E-state index in [1.54, 1.807) is 12.1 Å². The molecule has 0 amide bonds. The standard InChI is InChI=1S/C15H8F2O4/c16-11-8(5-6-9(18)14(11)20)15-12(17)13(19)7-3-1-2-4-10(7)21-15/h1-6,18,20H. The van der Waals surface area contributed by atoms with Crippen LogP contribution in [0.4, 0.5) is 8.78 Å². The van der Waals surface area contributed by atoms with Gasteiger partial charge in [-0.15, -0.1) is 0 Å². The van der Waals surface area contributed by atoms with E-state index in [1.807, 2.05) is 0 Å². The second-order valence-electron chi connectivity index (χ2n) is 4.37. The summed E-state index contributed by atoms with van der Waals surface area (Å²) in [6.45, 7) is 0. The van der Waals surface area contributed by atoms with E-state index in [0.717, 1.165) is 12.1 Å². The summed E-state index contributed by atoms with van der Waals surface area (Å²) in [4.78, 5) is 11.9. The third-order valence-corrected chi connectivity index (χ3v) is 3.08. The van der Waals surface area contributed by atoms with Crippen molar-refractivity contribution in [3.63, 3.8) is 0 Å². The lowest BCUT2D eigenvalue weighted by Gasteiger charge is -2.07. The van der Waals surface area contributed by atoms with Crippen molar-refractivity contribution in [1.82, 2.24) is 0 Å². The maximum absolute atomic E-state index is 14.1. The first-order chi connectivity index (χ1) is 10.0. The number of halogens is 2. The van der Waals surface area contributed by atoms with Crippen LogP contribution in [-0.2, 0) is 0 Å². The molecule has 0 radical (unpaired) electrons. The van der Waals surface area contributed by atoms with Gasteiger partial charge < -0.3 is 14.6 Å². The van der Waals surface area contributed by atoms with Crippen LogP contribution in [0.25, 0.3) is 22.3 Å². The summed E-state index contributed by atoms with van der Waals surface area (Å²) >= 11 is 0. The van der Waals surface area contributed by atoms with Crippen molar-refractivity contribution in [2.75, 3.05) is 0 Å². The number of phenols is 2. The molecule has 0 saturated carbocycles. The molecule has 2 N–H and O–H groups in total. The number of phenolic OH excluding ortho intramolecular Hbond substituents is 2. The molecule has 1 aromatic heterocycles. The average molecular weight is 290 g/mol. The molecule has 3 aromatic rings. The summed E-state index contributed by atoms with van der Waals surface area (Å²) in [5, 5.41) is 18.6. The number of aromatic hydroxyl groups is 2. The fraction of sp³-hybridized carbons (Fsp3) is 0. The topological polar surface area (TPSA) is 70.7 Å². The number of fused-ring (bicyclic) bond motifs is 1. The molecule has 21 heavy (non-hydrogen) atoms. The molecule has 0 spiro atoms. The van der Waals surface area contributed by atoms with Gasteiger partial charge in [-0.1, -0.05) is 12.1 Å². The zero-order valence-electron chi connectivity index (χ0n) is 10.4. The van der Waals surface area contributed by atoms with Crippen molar-refractivity contribution in [2.45, 2.75) is 0 Å². The molecular weight excluding hydrogens is 282 g/mol. The molecule has 4 nitrogen and oxygen atoms in total. The highest BCUT2D eigenvalue weighted by Crippen LogP contribution is 2.36. The predicted octanol–water partition coefficient (Wildman–Crippen LogP) is 3.15. The van der Waals surface area contributed by atoms with Gasteiger partial charge >= 0.3 is 0 Å². The molecule has 2 aromatic carbocycles. The van der Waals surface area contributed by atoms with Crippen LogP contribution in [0, 0.1) is 11.6 Å². The van der Waals surface area contributed by atoms with Gasteiger partial charge in [0.05, 0.1) is 10.9 Å². The highest BCUT2D eigenvalue weighted by atomic mass is 19.1. The Bertz CT molecular complexity index is 915. The summed E-state index contributed by atoms with van der Waals surface area (Å²) in [7, 11) is 0. The molecule has 0 atom stereocenters. The van der Waals surface area contributed by atoms with Crippen molar-refractivity contribution < 1.29 is 23.4 Å². The van der Waals surface area contributed by atoms with Crippen molar-refractivity contribution in [3.8, 4) is 22.8 Å². The maximum Gasteiger partial charge on any atom is 0.229 e. The third kappa shape index (κ3) is 1.92. The van der Waals surface area contributed by atoms with E-state index < -0.39 is 39.9 Å². The summed E-state index contributed by atoms with van der Waals surface area (Å²) in [6.07, 6.45) is 0. The summed E-state index contributed by atoms with van der Waals surface area (Å²) in [5.74, 6) is -4.90. The predicted molar refractivity (Wildman–Crippen MR) is 71.2 cm³/mol. The van der Waals surface area contributed by atoms with E-state index in [-0.39, 0.29) is 11.0 Å². The molecule has 0 aliphatic carbocycles. The maximum atomic E-state index is 14.1. The number of benzene rings is 2. The van der Waals surface area contributed by atoms with Gasteiger partial charge in [0.2, 0.25) is 11.2 Å². The quantitative estimate of drug-likeness (QED) is 0.675. The molecule has 0 aliphatic heterocycles. The van der Waals surface area contributed by atoms with Crippen LogP contribution < -0.4 is 5.43 Å². The number of rotatable bonds is 1. The van der Waals surface area contributed by atoms with Crippen LogP contribution in [0.2, 0.25) is 0 Å². The van der Waals surface area contributed by atoms with Gasteiger partial charge in [0, 0.05) is 0 Å².